The van der Waals surface area contributed by atoms with E-state index in [1.54, 1.807) is 26.0 Å². The fraction of sp³-hybridized carbons (Fsp3) is 0.750. The van der Waals surface area contributed by atoms with Gasteiger partial charge in [0, 0.05) is 21.0 Å². The van der Waals surface area contributed by atoms with Crippen LogP contribution in [-0.2, 0) is 9.59 Å². The molecule has 0 rings (SSSR count). The Bertz CT molecular complexity index is 204. The van der Waals surface area contributed by atoms with Crippen LogP contribution in [0.1, 0.15) is 13.8 Å². The number of rotatable bonds is 4. The van der Waals surface area contributed by atoms with Gasteiger partial charge in [-0.1, -0.05) is 6.92 Å². The van der Waals surface area contributed by atoms with Crippen LogP contribution in [0.25, 0.3) is 0 Å². The first kappa shape index (κ1) is 11.9. The van der Waals surface area contributed by atoms with Crippen molar-refractivity contribution in [3.05, 3.63) is 0 Å². The lowest BCUT2D eigenvalue weighted by molar-refractivity contribution is -0.149. The van der Waals surface area contributed by atoms with E-state index >= 15 is 0 Å². The van der Waals surface area contributed by atoms with E-state index in [4.69, 9.17) is 5.11 Å². The molecule has 5 nitrogen and oxygen atoms in total. The normalized spacial score (nSPS) is 12.7. The highest BCUT2D eigenvalue weighted by molar-refractivity contribution is 5.74. The van der Waals surface area contributed by atoms with Gasteiger partial charge >= 0.3 is 5.97 Å². The Hall–Kier alpha value is -1.10. The van der Waals surface area contributed by atoms with Crippen molar-refractivity contribution in [2.24, 2.45) is 5.92 Å². The van der Waals surface area contributed by atoms with E-state index < -0.39 is 11.9 Å². The fourth-order valence-electron chi connectivity index (χ4n) is 0.911. The number of hydrazine groups is 1. The van der Waals surface area contributed by atoms with Crippen molar-refractivity contribution in [3.63, 3.8) is 0 Å². The van der Waals surface area contributed by atoms with Crippen LogP contribution in [-0.4, -0.2) is 47.6 Å². The number of nitrogens with zero attached hydrogens (tertiary/aromatic N) is 2. The molecule has 0 fully saturated rings. The van der Waals surface area contributed by atoms with Crippen LogP contribution in [0.15, 0.2) is 0 Å². The largest absolute Gasteiger partial charge is 0.481 e. The highest BCUT2D eigenvalue weighted by Gasteiger charge is 2.19. The Morgan fingerprint density at radius 3 is 2.08 bits per heavy atom. The molecule has 0 heterocycles. The molecule has 0 bridgehead atoms. The molecule has 0 aliphatic carbocycles. The minimum atomic E-state index is -0.895. The van der Waals surface area contributed by atoms with E-state index in [0.29, 0.717) is 0 Å². The first-order chi connectivity index (χ1) is 5.86. The van der Waals surface area contributed by atoms with Gasteiger partial charge in [0.2, 0.25) is 5.91 Å². The summed E-state index contributed by atoms with van der Waals surface area (Å²) in [6.45, 7) is 3.19. The lowest BCUT2D eigenvalue weighted by atomic mass is 10.2. The highest BCUT2D eigenvalue weighted by atomic mass is 16.4. The number of carbonyl (C=O) groups is 2. The molecule has 0 saturated carbocycles. The van der Waals surface area contributed by atoms with E-state index in [-0.39, 0.29) is 12.5 Å². The minimum absolute atomic E-state index is 0.155. The first-order valence-corrected chi connectivity index (χ1v) is 4.04. The van der Waals surface area contributed by atoms with Crippen LogP contribution in [0, 0.1) is 5.92 Å². The molecular weight excluding hydrogens is 172 g/mol. The zero-order chi connectivity index (χ0) is 10.6. The van der Waals surface area contributed by atoms with Crippen LogP contribution in [0.5, 0.6) is 0 Å². The van der Waals surface area contributed by atoms with Gasteiger partial charge in [-0.3, -0.25) is 14.6 Å². The van der Waals surface area contributed by atoms with Crippen molar-refractivity contribution < 1.29 is 14.7 Å². The Morgan fingerprint density at radius 2 is 1.85 bits per heavy atom. The molecule has 0 aliphatic heterocycles. The summed E-state index contributed by atoms with van der Waals surface area (Å²) in [4.78, 5) is 21.6. The highest BCUT2D eigenvalue weighted by Crippen LogP contribution is 2.01. The van der Waals surface area contributed by atoms with E-state index in [1.807, 2.05) is 0 Å². The molecular formula is C8H16N2O3. The molecule has 0 saturated heterocycles. The Kier molecular flexibility index (Phi) is 4.40. The second kappa shape index (κ2) is 4.81. The van der Waals surface area contributed by atoms with Crippen molar-refractivity contribution in [1.82, 2.24) is 10.0 Å². The number of hydrogen-bond acceptors (Lipinski definition) is 3. The molecule has 1 unspecified atom stereocenters. The van der Waals surface area contributed by atoms with Crippen LogP contribution in [0.3, 0.4) is 0 Å². The predicted octanol–water partition coefficient (Wildman–Crippen LogP) is 0.0322. The summed E-state index contributed by atoms with van der Waals surface area (Å²) in [7, 11) is 3.41. The molecule has 0 radical (unpaired) electrons. The van der Waals surface area contributed by atoms with Gasteiger partial charge in [0.05, 0.1) is 12.5 Å². The summed E-state index contributed by atoms with van der Waals surface area (Å²) in [6, 6.07) is 0. The van der Waals surface area contributed by atoms with Gasteiger partial charge in [-0.25, -0.2) is 5.01 Å². The van der Waals surface area contributed by atoms with Gasteiger partial charge < -0.3 is 5.11 Å². The molecule has 1 N–H and O–H groups in total. The van der Waals surface area contributed by atoms with Crippen LogP contribution < -0.4 is 0 Å². The molecule has 0 aromatic heterocycles. The first-order valence-electron chi connectivity index (χ1n) is 4.04. The smallest absolute Gasteiger partial charge is 0.308 e. The second-order valence-electron chi connectivity index (χ2n) is 3.19. The number of carboxylic acids is 1. The lowest BCUT2D eigenvalue weighted by Crippen LogP contribution is -2.44. The Labute approximate surface area is 77.9 Å². The standard InChI is InChI=1S/C8H16N2O3/c1-6(8(12)13)5-10(7(2)11)9(3)4/h6H,5H2,1-4H3,(H,12,13). The van der Waals surface area contributed by atoms with Gasteiger partial charge in [0.25, 0.3) is 0 Å². The van der Waals surface area contributed by atoms with E-state index in [2.05, 4.69) is 0 Å². The van der Waals surface area contributed by atoms with Crippen molar-refractivity contribution in [3.8, 4) is 0 Å². The maximum Gasteiger partial charge on any atom is 0.308 e. The average Bonchev–Trinajstić information content (AvgIpc) is 1.97. The molecule has 1 atom stereocenters. The molecule has 0 spiro atoms. The molecule has 13 heavy (non-hydrogen) atoms. The van der Waals surface area contributed by atoms with Crippen LogP contribution >= 0.6 is 0 Å². The Balaban J connectivity index is 4.27. The number of carbonyl (C=O) groups excluding carboxylic acids is 1. The number of hydrogen-bond donors (Lipinski definition) is 1. The second-order valence-corrected chi connectivity index (χ2v) is 3.19. The summed E-state index contributed by atoms with van der Waals surface area (Å²) in [5, 5.41) is 11.6. The van der Waals surface area contributed by atoms with E-state index in [1.165, 1.54) is 11.9 Å². The van der Waals surface area contributed by atoms with Gasteiger partial charge in [-0.15, -0.1) is 0 Å². The zero-order valence-corrected chi connectivity index (χ0v) is 8.44. The van der Waals surface area contributed by atoms with Gasteiger partial charge in [-0.05, 0) is 0 Å². The van der Waals surface area contributed by atoms with Gasteiger partial charge in [0.15, 0.2) is 0 Å². The minimum Gasteiger partial charge on any atom is -0.481 e. The summed E-state index contributed by atoms with van der Waals surface area (Å²) in [6.07, 6.45) is 0. The summed E-state index contributed by atoms with van der Waals surface area (Å²) in [5.41, 5.74) is 0. The third-order valence-corrected chi connectivity index (χ3v) is 1.71. The fourth-order valence-corrected chi connectivity index (χ4v) is 0.911. The predicted molar refractivity (Wildman–Crippen MR) is 47.9 cm³/mol. The number of carboxylic acid groups (broad SMARTS) is 1. The molecule has 5 heteroatoms. The zero-order valence-electron chi connectivity index (χ0n) is 8.44. The van der Waals surface area contributed by atoms with E-state index in [9.17, 15) is 9.59 Å². The number of amides is 1. The SMILES string of the molecule is CC(=O)N(CC(C)C(=O)O)N(C)C. The van der Waals surface area contributed by atoms with Gasteiger partial charge in [-0.2, -0.15) is 0 Å². The topological polar surface area (TPSA) is 60.9 Å². The molecule has 76 valence electrons. The van der Waals surface area contributed by atoms with E-state index in [0.717, 1.165) is 0 Å². The molecule has 0 aromatic carbocycles. The lowest BCUT2D eigenvalue weighted by Gasteiger charge is -2.29. The Morgan fingerprint density at radius 1 is 1.38 bits per heavy atom. The third-order valence-electron chi connectivity index (χ3n) is 1.71. The third kappa shape index (κ3) is 3.89. The molecule has 0 aromatic rings. The van der Waals surface area contributed by atoms with Crippen molar-refractivity contribution in [1.29, 1.82) is 0 Å². The van der Waals surface area contributed by atoms with Crippen molar-refractivity contribution in [2.75, 3.05) is 20.6 Å². The number of aliphatic carboxylic acids is 1. The average molecular weight is 188 g/mol. The summed E-state index contributed by atoms with van der Waals surface area (Å²) >= 11 is 0. The monoisotopic (exact) mass is 188 g/mol. The molecule has 1 amide bonds. The van der Waals surface area contributed by atoms with Crippen molar-refractivity contribution in [2.45, 2.75) is 13.8 Å². The van der Waals surface area contributed by atoms with Gasteiger partial charge in [0.1, 0.15) is 0 Å². The summed E-state index contributed by atoms with van der Waals surface area (Å²) < 4.78 is 0. The van der Waals surface area contributed by atoms with Crippen LogP contribution in [0.2, 0.25) is 0 Å². The maximum absolute atomic E-state index is 11.0. The van der Waals surface area contributed by atoms with Crippen molar-refractivity contribution >= 4 is 11.9 Å². The van der Waals surface area contributed by atoms with Crippen LogP contribution in [0.4, 0.5) is 0 Å². The summed E-state index contributed by atoms with van der Waals surface area (Å²) in [5.74, 6) is -1.60. The maximum atomic E-state index is 11.0. The molecule has 0 aliphatic rings. The quantitative estimate of drug-likeness (QED) is 0.632.